The molecule has 1 aromatic heterocycles. The molecule has 0 radical (unpaired) electrons. The first kappa shape index (κ1) is 26.8. The highest BCUT2D eigenvalue weighted by atomic mass is 32.2. The summed E-state index contributed by atoms with van der Waals surface area (Å²) in [5.41, 5.74) is -3.26. The molecule has 7 nitrogen and oxygen atoms in total. The van der Waals surface area contributed by atoms with Gasteiger partial charge in [-0.3, -0.25) is 14.2 Å². The zero-order chi connectivity index (χ0) is 26.8. The molecule has 188 valence electrons. The van der Waals surface area contributed by atoms with Gasteiger partial charge in [-0.15, -0.1) is 0 Å². The van der Waals surface area contributed by atoms with Crippen LogP contribution in [0.5, 0.6) is 0 Å². The third-order valence-corrected chi connectivity index (χ3v) is 6.83. The van der Waals surface area contributed by atoms with Crippen LogP contribution in [0.4, 0.5) is 13.2 Å². The Kier molecular flexibility index (Phi) is 7.52. The van der Waals surface area contributed by atoms with Gasteiger partial charge in [0, 0.05) is 16.3 Å². The number of alkyl halides is 3. The number of carbonyl (C=O) groups is 1. The number of halogens is 3. The molecule has 11 heteroatoms. The number of benzene rings is 2. The van der Waals surface area contributed by atoms with Crippen molar-refractivity contribution in [2.75, 3.05) is 6.61 Å². The van der Waals surface area contributed by atoms with E-state index in [9.17, 15) is 32.1 Å². The second-order valence-electron chi connectivity index (χ2n) is 8.60. The summed E-state index contributed by atoms with van der Waals surface area (Å²) < 4.78 is 54.5. The SMILES string of the molecule is Cc1c(S(=O)c2ccc(C#N)cc2)cc(C(=O)NC(C)(C)CO)c(=O)n1-c1cccc(C(F)(F)F)c1. The van der Waals surface area contributed by atoms with E-state index < -0.39 is 51.7 Å². The molecule has 3 rings (SSSR count). The molecule has 0 aliphatic carbocycles. The summed E-state index contributed by atoms with van der Waals surface area (Å²) in [6, 6.07) is 12.9. The molecule has 0 spiro atoms. The van der Waals surface area contributed by atoms with Gasteiger partial charge in [0.1, 0.15) is 5.56 Å². The number of nitrogens with one attached hydrogen (secondary N) is 1. The molecule has 0 saturated carbocycles. The standard InChI is InChI=1S/C25H22F3N3O4S/c1-15-21(36(35)19-9-7-16(13-29)8-10-19)12-20(22(33)30-24(2,3)14-32)23(34)31(15)18-6-4-5-17(11-18)25(26,27)28/h4-12,32H,14H2,1-3H3,(H,30,33). The minimum atomic E-state index is -4.68. The van der Waals surface area contributed by atoms with Gasteiger partial charge in [-0.2, -0.15) is 18.4 Å². The van der Waals surface area contributed by atoms with E-state index in [0.29, 0.717) is 5.56 Å². The largest absolute Gasteiger partial charge is 0.416 e. The highest BCUT2D eigenvalue weighted by molar-refractivity contribution is 7.85. The van der Waals surface area contributed by atoms with E-state index in [-0.39, 0.29) is 21.2 Å². The number of pyridine rings is 1. The van der Waals surface area contributed by atoms with Crippen molar-refractivity contribution in [2.45, 2.75) is 42.3 Å². The van der Waals surface area contributed by atoms with Crippen molar-refractivity contribution >= 4 is 16.7 Å². The maximum absolute atomic E-state index is 13.5. The van der Waals surface area contributed by atoms with Gasteiger partial charge in [0.05, 0.1) is 45.0 Å². The minimum absolute atomic E-state index is 0.0173. The number of nitrogens with zero attached hydrogens (tertiary/aromatic N) is 2. The van der Waals surface area contributed by atoms with Gasteiger partial charge in [0.2, 0.25) is 0 Å². The Hall–Kier alpha value is -3.75. The Morgan fingerprint density at radius 3 is 2.33 bits per heavy atom. The maximum Gasteiger partial charge on any atom is 0.416 e. The number of aliphatic hydroxyl groups is 1. The lowest BCUT2D eigenvalue weighted by Gasteiger charge is -2.24. The molecule has 1 unspecified atom stereocenters. The summed E-state index contributed by atoms with van der Waals surface area (Å²) in [6.07, 6.45) is -4.68. The fourth-order valence-electron chi connectivity index (χ4n) is 3.36. The predicted molar refractivity (Wildman–Crippen MR) is 126 cm³/mol. The van der Waals surface area contributed by atoms with E-state index in [1.807, 2.05) is 6.07 Å². The van der Waals surface area contributed by atoms with Gasteiger partial charge in [-0.1, -0.05) is 6.07 Å². The monoisotopic (exact) mass is 517 g/mol. The average Bonchev–Trinajstić information content (AvgIpc) is 2.83. The topological polar surface area (TPSA) is 112 Å². The van der Waals surface area contributed by atoms with Crippen molar-refractivity contribution in [2.24, 2.45) is 0 Å². The summed E-state index contributed by atoms with van der Waals surface area (Å²) >= 11 is 0. The Morgan fingerprint density at radius 1 is 1.14 bits per heavy atom. The Morgan fingerprint density at radius 2 is 1.78 bits per heavy atom. The fourth-order valence-corrected chi connectivity index (χ4v) is 4.58. The van der Waals surface area contributed by atoms with Gasteiger partial charge in [-0.05, 0) is 69.3 Å². The van der Waals surface area contributed by atoms with Crippen LogP contribution in [0.2, 0.25) is 0 Å². The summed E-state index contributed by atoms with van der Waals surface area (Å²) in [5.74, 6) is -0.891. The predicted octanol–water partition coefficient (Wildman–Crippen LogP) is 3.70. The molecule has 0 aliphatic rings. The number of carbonyl (C=O) groups excluding carboxylic acids is 1. The van der Waals surface area contributed by atoms with Gasteiger partial charge >= 0.3 is 6.18 Å². The number of aromatic nitrogens is 1. The zero-order valence-corrected chi connectivity index (χ0v) is 20.3. The van der Waals surface area contributed by atoms with Crippen molar-refractivity contribution in [3.05, 3.63) is 87.3 Å². The smallest absolute Gasteiger partial charge is 0.394 e. The highest BCUT2D eigenvalue weighted by Gasteiger charge is 2.31. The second-order valence-corrected chi connectivity index (χ2v) is 10.0. The summed E-state index contributed by atoms with van der Waals surface area (Å²) in [5, 5.41) is 21.0. The van der Waals surface area contributed by atoms with Gasteiger partial charge in [0.15, 0.2) is 0 Å². The molecule has 1 atom stereocenters. The first-order valence-corrected chi connectivity index (χ1v) is 11.7. The number of rotatable bonds is 6. The second kappa shape index (κ2) is 10.1. The number of aliphatic hydroxyl groups excluding tert-OH is 1. The lowest BCUT2D eigenvalue weighted by molar-refractivity contribution is -0.137. The molecule has 2 N–H and O–H groups in total. The van der Waals surface area contributed by atoms with E-state index in [0.717, 1.165) is 28.8 Å². The van der Waals surface area contributed by atoms with Gasteiger partial charge < -0.3 is 10.4 Å². The highest BCUT2D eigenvalue weighted by Crippen LogP contribution is 2.31. The fraction of sp³-hybridized carbons (Fsp3) is 0.240. The van der Waals surface area contributed by atoms with Crippen LogP contribution >= 0.6 is 0 Å². The van der Waals surface area contributed by atoms with Crippen LogP contribution in [-0.2, 0) is 17.0 Å². The lowest BCUT2D eigenvalue weighted by Crippen LogP contribution is -2.48. The molecule has 2 aromatic carbocycles. The van der Waals surface area contributed by atoms with Crippen molar-refractivity contribution in [1.82, 2.24) is 9.88 Å². The first-order valence-electron chi connectivity index (χ1n) is 10.6. The Labute approximate surface area is 207 Å². The zero-order valence-electron chi connectivity index (χ0n) is 19.5. The number of hydrogen-bond acceptors (Lipinski definition) is 5. The van der Waals surface area contributed by atoms with Gasteiger partial charge in [0.25, 0.3) is 11.5 Å². The average molecular weight is 518 g/mol. The van der Waals surface area contributed by atoms with E-state index in [2.05, 4.69) is 5.32 Å². The van der Waals surface area contributed by atoms with Crippen LogP contribution in [-0.4, -0.2) is 31.9 Å². The Bertz CT molecular complexity index is 1440. The third-order valence-electron chi connectivity index (χ3n) is 5.32. The number of amides is 1. The van der Waals surface area contributed by atoms with E-state index in [4.69, 9.17) is 5.26 Å². The summed E-state index contributed by atoms with van der Waals surface area (Å²) in [4.78, 5) is 26.7. The van der Waals surface area contributed by atoms with Crippen LogP contribution in [0.15, 0.2) is 69.2 Å². The van der Waals surface area contributed by atoms with Crippen molar-refractivity contribution in [1.29, 1.82) is 5.26 Å². The molecular formula is C25H22F3N3O4S. The maximum atomic E-state index is 13.5. The van der Waals surface area contributed by atoms with Crippen molar-refractivity contribution < 1.29 is 27.3 Å². The molecular weight excluding hydrogens is 495 g/mol. The van der Waals surface area contributed by atoms with E-state index in [1.54, 1.807) is 0 Å². The molecule has 1 amide bonds. The van der Waals surface area contributed by atoms with Crippen LogP contribution in [0.3, 0.4) is 0 Å². The van der Waals surface area contributed by atoms with Crippen LogP contribution in [0, 0.1) is 18.3 Å². The summed E-state index contributed by atoms with van der Waals surface area (Å²) in [6.45, 7) is 3.99. The van der Waals surface area contributed by atoms with Crippen LogP contribution in [0.25, 0.3) is 5.69 Å². The molecule has 0 fully saturated rings. The van der Waals surface area contributed by atoms with Crippen molar-refractivity contribution in [3.63, 3.8) is 0 Å². The molecule has 0 saturated heterocycles. The molecule has 1 heterocycles. The molecule has 0 aliphatic heterocycles. The quantitative estimate of drug-likeness (QED) is 0.518. The lowest BCUT2D eigenvalue weighted by atomic mass is 10.1. The van der Waals surface area contributed by atoms with E-state index >= 15 is 0 Å². The summed E-state index contributed by atoms with van der Waals surface area (Å²) in [7, 11) is -1.96. The minimum Gasteiger partial charge on any atom is -0.394 e. The first-order chi connectivity index (χ1) is 16.8. The molecule has 0 bridgehead atoms. The number of hydrogen-bond donors (Lipinski definition) is 2. The van der Waals surface area contributed by atoms with Crippen LogP contribution < -0.4 is 10.9 Å². The normalized spacial score (nSPS) is 12.6. The number of nitriles is 1. The third kappa shape index (κ3) is 5.56. The molecule has 3 aromatic rings. The molecule has 36 heavy (non-hydrogen) atoms. The van der Waals surface area contributed by atoms with Crippen molar-refractivity contribution in [3.8, 4) is 11.8 Å². The van der Waals surface area contributed by atoms with Gasteiger partial charge in [-0.25, -0.2) is 4.21 Å². The Balaban J connectivity index is 2.29. The van der Waals surface area contributed by atoms with E-state index in [1.165, 1.54) is 51.1 Å². The van der Waals surface area contributed by atoms with Crippen LogP contribution in [0.1, 0.15) is 41.0 Å².